The molecule has 0 bridgehead atoms. The molecule has 0 saturated heterocycles. The Labute approximate surface area is 198 Å². The number of rotatable bonds is 8. The Kier molecular flexibility index (Phi) is 6.70. The summed E-state index contributed by atoms with van der Waals surface area (Å²) in [5.41, 5.74) is 4.58. The van der Waals surface area contributed by atoms with Crippen molar-refractivity contribution in [1.82, 2.24) is 14.3 Å². The van der Waals surface area contributed by atoms with Gasteiger partial charge in [0.2, 0.25) is 5.75 Å². The van der Waals surface area contributed by atoms with Gasteiger partial charge >= 0.3 is 0 Å². The fourth-order valence-corrected chi connectivity index (χ4v) is 3.92. The third kappa shape index (κ3) is 4.40. The number of hydrogen-bond acceptors (Lipinski definition) is 6. The quantitative estimate of drug-likeness (QED) is 0.422. The van der Waals surface area contributed by atoms with E-state index in [1.807, 2.05) is 62.8 Å². The van der Waals surface area contributed by atoms with Crippen LogP contribution in [0.15, 0.2) is 60.8 Å². The maximum atomic E-state index is 13.3. The number of hydrogen-bond donors (Lipinski definition) is 1. The molecule has 176 valence electrons. The van der Waals surface area contributed by atoms with Crippen molar-refractivity contribution >= 4 is 17.2 Å². The van der Waals surface area contributed by atoms with Crippen molar-refractivity contribution in [3.05, 3.63) is 72.1 Å². The van der Waals surface area contributed by atoms with Gasteiger partial charge in [-0.05, 0) is 44.4 Å². The zero-order valence-electron chi connectivity index (χ0n) is 20.0. The van der Waals surface area contributed by atoms with Gasteiger partial charge in [-0.3, -0.25) is 4.79 Å². The van der Waals surface area contributed by atoms with Gasteiger partial charge in [0.1, 0.15) is 5.65 Å². The second-order valence-electron chi connectivity index (χ2n) is 7.99. The van der Waals surface area contributed by atoms with E-state index in [2.05, 4.69) is 14.6 Å². The summed E-state index contributed by atoms with van der Waals surface area (Å²) in [6.45, 7) is 0.690. The Morgan fingerprint density at radius 1 is 0.971 bits per heavy atom. The molecule has 8 heteroatoms. The van der Waals surface area contributed by atoms with Crippen molar-refractivity contribution in [1.29, 1.82) is 0 Å². The fraction of sp³-hybridized carbons (Fsp3) is 0.231. The first-order valence-electron chi connectivity index (χ1n) is 10.8. The number of aromatic nitrogens is 2. The predicted octanol–water partition coefficient (Wildman–Crippen LogP) is 4.34. The van der Waals surface area contributed by atoms with Crippen molar-refractivity contribution < 1.29 is 19.0 Å². The van der Waals surface area contributed by atoms with E-state index in [9.17, 15) is 4.79 Å². The molecular formula is C26H28N4O4. The normalized spacial score (nSPS) is 11.0. The molecule has 34 heavy (non-hydrogen) atoms. The van der Waals surface area contributed by atoms with Gasteiger partial charge in [0, 0.05) is 23.9 Å². The molecule has 1 N–H and O–H groups in total. The monoisotopic (exact) mass is 460 g/mol. The van der Waals surface area contributed by atoms with Gasteiger partial charge in [0.05, 0.1) is 38.4 Å². The molecule has 0 aliphatic rings. The molecule has 2 aromatic carbocycles. The Hall–Kier alpha value is -4.04. The number of nitrogens with zero attached hydrogens (tertiary/aromatic N) is 3. The number of carbonyl (C=O) groups excluding carboxylic acids is 1. The molecule has 0 fully saturated rings. The average molecular weight is 461 g/mol. The number of benzene rings is 2. The van der Waals surface area contributed by atoms with Gasteiger partial charge < -0.3 is 28.8 Å². The molecule has 0 aliphatic heterocycles. The first-order chi connectivity index (χ1) is 16.5. The zero-order valence-corrected chi connectivity index (χ0v) is 20.0. The van der Waals surface area contributed by atoms with Crippen LogP contribution in [0.25, 0.3) is 16.9 Å². The Morgan fingerprint density at radius 3 is 2.29 bits per heavy atom. The summed E-state index contributed by atoms with van der Waals surface area (Å²) in [7, 11) is 8.60. The lowest BCUT2D eigenvalue weighted by Crippen LogP contribution is -2.15. The number of fused-ring (bicyclic) bond motifs is 1. The number of anilines is 1. The first kappa shape index (κ1) is 23.1. The molecule has 8 nitrogen and oxygen atoms in total. The number of para-hydroxylation sites is 1. The molecule has 0 atom stereocenters. The molecule has 4 rings (SSSR count). The Balaban J connectivity index is 1.76. The van der Waals surface area contributed by atoms with E-state index < -0.39 is 0 Å². The third-order valence-corrected chi connectivity index (χ3v) is 5.45. The van der Waals surface area contributed by atoms with Gasteiger partial charge in [-0.2, -0.15) is 0 Å². The van der Waals surface area contributed by atoms with Crippen LogP contribution >= 0.6 is 0 Å². The number of carbonyl (C=O) groups is 1. The van der Waals surface area contributed by atoms with Crippen LogP contribution in [0.2, 0.25) is 0 Å². The second kappa shape index (κ2) is 9.84. The molecule has 2 aromatic heterocycles. The van der Waals surface area contributed by atoms with E-state index in [1.165, 1.54) is 21.3 Å². The highest BCUT2D eigenvalue weighted by atomic mass is 16.5. The van der Waals surface area contributed by atoms with Crippen molar-refractivity contribution in [2.45, 2.75) is 6.54 Å². The summed E-state index contributed by atoms with van der Waals surface area (Å²) < 4.78 is 18.2. The van der Waals surface area contributed by atoms with E-state index in [1.54, 1.807) is 12.1 Å². The molecule has 2 heterocycles. The largest absolute Gasteiger partial charge is 0.493 e. The minimum Gasteiger partial charge on any atom is -0.493 e. The zero-order chi connectivity index (χ0) is 24.2. The number of amides is 1. The lowest BCUT2D eigenvalue weighted by molar-refractivity contribution is 0.102. The number of imidazole rings is 1. The van der Waals surface area contributed by atoms with Crippen molar-refractivity contribution in [2.24, 2.45) is 0 Å². The van der Waals surface area contributed by atoms with Crippen LogP contribution in [0, 0.1) is 0 Å². The van der Waals surface area contributed by atoms with E-state index in [0.29, 0.717) is 35.0 Å². The second-order valence-corrected chi connectivity index (χ2v) is 7.99. The summed E-state index contributed by atoms with van der Waals surface area (Å²) in [6.07, 6.45) is 2.00. The SMILES string of the molecule is COc1cc(C(=O)Nc2ccccc2-c2nc3ccccn3c2CN(C)C)cc(OC)c1OC. The maximum Gasteiger partial charge on any atom is 0.255 e. The van der Waals surface area contributed by atoms with Crippen LogP contribution in [0.1, 0.15) is 16.1 Å². The number of pyridine rings is 1. The van der Waals surface area contributed by atoms with Gasteiger partial charge in [0.25, 0.3) is 5.91 Å². The van der Waals surface area contributed by atoms with Crippen molar-refractivity contribution in [3.8, 4) is 28.5 Å². The highest BCUT2D eigenvalue weighted by Gasteiger charge is 2.20. The molecule has 0 saturated carbocycles. The van der Waals surface area contributed by atoms with Gasteiger partial charge in [-0.25, -0.2) is 4.98 Å². The van der Waals surface area contributed by atoms with E-state index in [0.717, 1.165) is 22.6 Å². The molecule has 1 amide bonds. The van der Waals surface area contributed by atoms with Crippen LogP contribution < -0.4 is 19.5 Å². The highest BCUT2D eigenvalue weighted by molar-refractivity contribution is 6.07. The van der Waals surface area contributed by atoms with Crippen LogP contribution in [0.4, 0.5) is 5.69 Å². The first-order valence-corrected chi connectivity index (χ1v) is 10.8. The molecule has 0 spiro atoms. The number of nitrogens with one attached hydrogen (secondary N) is 1. The third-order valence-electron chi connectivity index (χ3n) is 5.45. The van der Waals surface area contributed by atoms with Crippen LogP contribution in [0.5, 0.6) is 17.2 Å². The molecule has 4 aromatic rings. The number of ether oxygens (including phenoxy) is 3. The smallest absolute Gasteiger partial charge is 0.255 e. The highest BCUT2D eigenvalue weighted by Crippen LogP contribution is 2.39. The van der Waals surface area contributed by atoms with Gasteiger partial charge in [-0.15, -0.1) is 0 Å². The summed E-state index contributed by atoms with van der Waals surface area (Å²) in [5.74, 6) is 0.951. The van der Waals surface area contributed by atoms with Crippen molar-refractivity contribution in [2.75, 3.05) is 40.7 Å². The minimum absolute atomic E-state index is 0.301. The Morgan fingerprint density at radius 2 is 1.65 bits per heavy atom. The average Bonchev–Trinajstić information content (AvgIpc) is 3.20. The molecule has 0 unspecified atom stereocenters. The molecule has 0 aliphatic carbocycles. The van der Waals surface area contributed by atoms with Crippen molar-refractivity contribution in [3.63, 3.8) is 0 Å². The summed E-state index contributed by atoms with van der Waals surface area (Å²) in [6, 6.07) is 16.8. The van der Waals surface area contributed by atoms with Crippen LogP contribution in [0.3, 0.4) is 0 Å². The summed E-state index contributed by atoms with van der Waals surface area (Å²) >= 11 is 0. The van der Waals surface area contributed by atoms with E-state index in [-0.39, 0.29) is 5.91 Å². The lowest BCUT2D eigenvalue weighted by Gasteiger charge is -2.16. The summed E-state index contributed by atoms with van der Waals surface area (Å²) in [5, 5.41) is 3.04. The van der Waals surface area contributed by atoms with Gasteiger partial charge in [0.15, 0.2) is 11.5 Å². The molecular weight excluding hydrogens is 432 g/mol. The fourth-order valence-electron chi connectivity index (χ4n) is 3.92. The summed E-state index contributed by atoms with van der Waals surface area (Å²) in [4.78, 5) is 20.2. The molecule has 0 radical (unpaired) electrons. The van der Waals surface area contributed by atoms with Gasteiger partial charge in [-0.1, -0.05) is 24.3 Å². The topological polar surface area (TPSA) is 77.3 Å². The Bertz CT molecular complexity index is 1300. The van der Waals surface area contributed by atoms with E-state index in [4.69, 9.17) is 19.2 Å². The van der Waals surface area contributed by atoms with Crippen LogP contribution in [-0.2, 0) is 6.54 Å². The lowest BCUT2D eigenvalue weighted by atomic mass is 10.1. The van der Waals surface area contributed by atoms with E-state index >= 15 is 0 Å². The number of methoxy groups -OCH3 is 3. The minimum atomic E-state index is -0.301. The maximum absolute atomic E-state index is 13.3. The predicted molar refractivity (Wildman–Crippen MR) is 132 cm³/mol. The van der Waals surface area contributed by atoms with Crippen LogP contribution in [-0.4, -0.2) is 55.6 Å². The standard InChI is InChI=1S/C26H28N4O4/c1-29(2)16-20-24(28-23-12-8-9-13-30(20)23)18-10-6-7-11-19(18)27-26(31)17-14-21(32-3)25(34-5)22(15-17)33-4/h6-15H,16H2,1-5H3,(H,27,31).